The SMILES string of the molecule is Cc1ccc(N=Nc2c(-c3ccc(C)cc3)nc3cc(C)ccn23)cc1. The Kier molecular flexibility index (Phi) is 4.09. The quantitative estimate of drug-likeness (QED) is 0.401. The summed E-state index contributed by atoms with van der Waals surface area (Å²) in [4.78, 5) is 4.81. The van der Waals surface area contributed by atoms with Gasteiger partial charge in [-0.1, -0.05) is 47.5 Å². The Morgan fingerprint density at radius 1 is 0.731 bits per heavy atom. The van der Waals surface area contributed by atoms with Gasteiger partial charge < -0.3 is 0 Å². The molecule has 0 aliphatic heterocycles. The van der Waals surface area contributed by atoms with Crippen molar-refractivity contribution in [2.75, 3.05) is 0 Å². The Labute approximate surface area is 152 Å². The molecule has 4 rings (SSSR count). The van der Waals surface area contributed by atoms with Crippen LogP contribution in [0.3, 0.4) is 0 Å². The highest BCUT2D eigenvalue weighted by Crippen LogP contribution is 2.32. The maximum atomic E-state index is 4.81. The van der Waals surface area contributed by atoms with Gasteiger partial charge in [0.05, 0.1) is 5.69 Å². The van der Waals surface area contributed by atoms with Crippen molar-refractivity contribution in [1.82, 2.24) is 9.38 Å². The molecule has 2 aromatic heterocycles. The van der Waals surface area contributed by atoms with Gasteiger partial charge in [-0.3, -0.25) is 4.40 Å². The second-order valence-corrected chi connectivity index (χ2v) is 6.62. The van der Waals surface area contributed by atoms with E-state index in [0.29, 0.717) is 0 Å². The van der Waals surface area contributed by atoms with E-state index in [0.717, 1.165) is 28.4 Å². The van der Waals surface area contributed by atoms with Crippen molar-refractivity contribution in [2.45, 2.75) is 20.8 Å². The van der Waals surface area contributed by atoms with E-state index in [1.165, 1.54) is 16.7 Å². The second kappa shape index (κ2) is 6.56. The summed E-state index contributed by atoms with van der Waals surface area (Å²) in [7, 11) is 0. The van der Waals surface area contributed by atoms with Crippen molar-refractivity contribution in [1.29, 1.82) is 0 Å². The van der Waals surface area contributed by atoms with Crippen LogP contribution in [0.25, 0.3) is 16.9 Å². The molecule has 0 saturated heterocycles. The van der Waals surface area contributed by atoms with Gasteiger partial charge in [-0.2, -0.15) is 0 Å². The van der Waals surface area contributed by atoms with Gasteiger partial charge >= 0.3 is 0 Å². The molecule has 0 unspecified atom stereocenters. The zero-order valence-electron chi connectivity index (χ0n) is 15.1. The van der Waals surface area contributed by atoms with Crippen LogP contribution in [-0.2, 0) is 0 Å². The lowest BCUT2D eigenvalue weighted by Gasteiger charge is -2.01. The summed E-state index contributed by atoms with van der Waals surface area (Å²) >= 11 is 0. The first-order chi connectivity index (χ1) is 12.6. The number of azo groups is 1. The molecule has 128 valence electrons. The van der Waals surface area contributed by atoms with Gasteiger partial charge in [-0.05, 0) is 50.6 Å². The van der Waals surface area contributed by atoms with Crippen molar-refractivity contribution in [3.63, 3.8) is 0 Å². The van der Waals surface area contributed by atoms with Crippen LogP contribution in [0.4, 0.5) is 11.5 Å². The average Bonchev–Trinajstić information content (AvgIpc) is 2.99. The zero-order valence-corrected chi connectivity index (χ0v) is 15.1. The Hall–Kier alpha value is -3.27. The fourth-order valence-corrected chi connectivity index (χ4v) is 2.85. The summed E-state index contributed by atoms with van der Waals surface area (Å²) in [6.45, 7) is 6.20. The highest BCUT2D eigenvalue weighted by Gasteiger charge is 2.14. The van der Waals surface area contributed by atoms with Gasteiger partial charge in [0.25, 0.3) is 0 Å². The van der Waals surface area contributed by atoms with Gasteiger partial charge in [-0.25, -0.2) is 4.98 Å². The number of benzene rings is 2. The average molecular weight is 340 g/mol. The molecule has 0 aliphatic rings. The van der Waals surface area contributed by atoms with E-state index in [-0.39, 0.29) is 0 Å². The van der Waals surface area contributed by atoms with Crippen LogP contribution in [0.1, 0.15) is 16.7 Å². The van der Waals surface area contributed by atoms with Crippen LogP contribution in [0.2, 0.25) is 0 Å². The molecule has 0 bridgehead atoms. The highest BCUT2D eigenvalue weighted by molar-refractivity contribution is 5.74. The molecule has 0 radical (unpaired) electrons. The van der Waals surface area contributed by atoms with Crippen LogP contribution < -0.4 is 0 Å². The van der Waals surface area contributed by atoms with Crippen molar-refractivity contribution in [3.8, 4) is 11.3 Å². The molecule has 0 atom stereocenters. The number of aryl methyl sites for hydroxylation is 3. The van der Waals surface area contributed by atoms with Crippen LogP contribution in [-0.4, -0.2) is 9.38 Å². The summed E-state index contributed by atoms with van der Waals surface area (Å²) in [5.74, 6) is 0.740. The normalized spacial score (nSPS) is 11.5. The third kappa shape index (κ3) is 3.14. The lowest BCUT2D eigenvalue weighted by Crippen LogP contribution is -1.84. The van der Waals surface area contributed by atoms with Crippen LogP contribution >= 0.6 is 0 Å². The number of aromatic nitrogens is 2. The van der Waals surface area contributed by atoms with E-state index in [1.54, 1.807) is 0 Å². The van der Waals surface area contributed by atoms with Gasteiger partial charge in [0, 0.05) is 11.8 Å². The molecule has 2 heterocycles. The molecule has 0 aliphatic carbocycles. The molecule has 0 N–H and O–H groups in total. The fourth-order valence-electron chi connectivity index (χ4n) is 2.85. The number of rotatable bonds is 3. The van der Waals surface area contributed by atoms with Crippen LogP contribution in [0.15, 0.2) is 77.1 Å². The smallest absolute Gasteiger partial charge is 0.187 e. The van der Waals surface area contributed by atoms with Crippen molar-refractivity contribution >= 4 is 17.2 Å². The molecular weight excluding hydrogens is 320 g/mol. The maximum absolute atomic E-state index is 4.81. The predicted octanol–water partition coefficient (Wildman–Crippen LogP) is 6.34. The van der Waals surface area contributed by atoms with E-state index >= 15 is 0 Å². The Morgan fingerprint density at radius 2 is 1.38 bits per heavy atom. The van der Waals surface area contributed by atoms with E-state index in [1.807, 2.05) is 34.9 Å². The number of nitrogens with zero attached hydrogens (tertiary/aromatic N) is 4. The summed E-state index contributed by atoms with van der Waals surface area (Å²) in [6.07, 6.45) is 2.00. The first kappa shape index (κ1) is 16.2. The lowest BCUT2D eigenvalue weighted by molar-refractivity contribution is 1.10. The van der Waals surface area contributed by atoms with Crippen molar-refractivity contribution in [2.24, 2.45) is 10.2 Å². The van der Waals surface area contributed by atoms with Gasteiger partial charge in [-0.15, -0.1) is 10.2 Å². The minimum Gasteiger partial charge on any atom is -0.283 e. The number of hydrogen-bond donors (Lipinski definition) is 0. The van der Waals surface area contributed by atoms with E-state index < -0.39 is 0 Å². The molecule has 4 aromatic rings. The first-order valence-electron chi connectivity index (χ1n) is 8.64. The molecule has 0 spiro atoms. The van der Waals surface area contributed by atoms with Crippen LogP contribution in [0.5, 0.6) is 0 Å². The first-order valence-corrected chi connectivity index (χ1v) is 8.64. The summed E-state index contributed by atoms with van der Waals surface area (Å²) < 4.78 is 1.99. The number of pyridine rings is 1. The molecular formula is C22H20N4. The Morgan fingerprint density at radius 3 is 2.08 bits per heavy atom. The Bertz CT molecular complexity index is 1090. The Balaban J connectivity index is 1.86. The van der Waals surface area contributed by atoms with Gasteiger partial charge in [0.2, 0.25) is 0 Å². The molecule has 2 aromatic carbocycles. The number of hydrogen-bond acceptors (Lipinski definition) is 3. The minimum atomic E-state index is 0.740. The molecule has 0 fully saturated rings. The third-order valence-corrected chi connectivity index (χ3v) is 4.38. The fraction of sp³-hybridized carbons (Fsp3) is 0.136. The number of imidazole rings is 1. The maximum Gasteiger partial charge on any atom is 0.187 e. The van der Waals surface area contributed by atoms with E-state index in [9.17, 15) is 0 Å². The molecule has 4 nitrogen and oxygen atoms in total. The van der Waals surface area contributed by atoms with E-state index in [4.69, 9.17) is 4.98 Å². The lowest BCUT2D eigenvalue weighted by atomic mass is 10.1. The van der Waals surface area contributed by atoms with Gasteiger partial charge in [0.1, 0.15) is 11.3 Å². The van der Waals surface area contributed by atoms with Gasteiger partial charge in [0.15, 0.2) is 5.82 Å². The second-order valence-electron chi connectivity index (χ2n) is 6.62. The zero-order chi connectivity index (χ0) is 18.1. The topological polar surface area (TPSA) is 42.0 Å². The third-order valence-electron chi connectivity index (χ3n) is 4.38. The molecule has 4 heteroatoms. The predicted molar refractivity (Wildman–Crippen MR) is 105 cm³/mol. The van der Waals surface area contributed by atoms with Crippen molar-refractivity contribution < 1.29 is 0 Å². The summed E-state index contributed by atoms with van der Waals surface area (Å²) in [5, 5.41) is 8.98. The largest absolute Gasteiger partial charge is 0.283 e. The summed E-state index contributed by atoms with van der Waals surface area (Å²) in [5.41, 5.74) is 7.16. The minimum absolute atomic E-state index is 0.740. The highest BCUT2D eigenvalue weighted by atomic mass is 15.2. The van der Waals surface area contributed by atoms with Crippen molar-refractivity contribution in [3.05, 3.63) is 83.6 Å². The summed E-state index contributed by atoms with van der Waals surface area (Å²) in [6, 6.07) is 20.5. The number of fused-ring (bicyclic) bond motifs is 1. The monoisotopic (exact) mass is 340 g/mol. The van der Waals surface area contributed by atoms with Crippen LogP contribution in [0, 0.1) is 20.8 Å². The standard InChI is InChI=1S/C22H20N4/c1-15-4-8-18(9-5-15)21-22(25-24-19-10-6-16(2)7-11-19)26-13-12-17(3)14-20(26)23-21/h4-14H,1-3H3. The molecule has 26 heavy (non-hydrogen) atoms. The molecule has 0 amide bonds. The molecule has 0 saturated carbocycles. The van der Waals surface area contributed by atoms with E-state index in [2.05, 4.69) is 67.4 Å².